The zero-order chi connectivity index (χ0) is 13.4. The maximum atomic E-state index is 13.1. The van der Waals surface area contributed by atoms with Crippen molar-refractivity contribution in [2.75, 3.05) is 0 Å². The van der Waals surface area contributed by atoms with Crippen LogP contribution in [0.3, 0.4) is 0 Å². The minimum atomic E-state index is -1.47. The Balaban J connectivity index is 1.81. The number of hydrogen-bond acceptors (Lipinski definition) is 2. The van der Waals surface area contributed by atoms with Gasteiger partial charge in [0.2, 0.25) is 0 Å². The lowest BCUT2D eigenvalue weighted by atomic mass is 10.3. The molecule has 0 radical (unpaired) electrons. The lowest BCUT2D eigenvalue weighted by Crippen LogP contribution is -2.15. The van der Waals surface area contributed by atoms with Gasteiger partial charge in [-0.05, 0) is 18.9 Å². The minimum absolute atomic E-state index is 0.161. The monoisotopic (exact) mass is 267 g/mol. The third-order valence-corrected chi connectivity index (χ3v) is 3.03. The van der Waals surface area contributed by atoms with Gasteiger partial charge in [0.1, 0.15) is 0 Å². The maximum absolute atomic E-state index is 13.1. The summed E-state index contributed by atoms with van der Waals surface area (Å²) in [5.74, 6) is -3.90. The molecular formula is C13H12F3N3. The Morgan fingerprint density at radius 3 is 2.53 bits per heavy atom. The van der Waals surface area contributed by atoms with Gasteiger partial charge in [0, 0.05) is 30.9 Å². The number of benzene rings is 1. The highest BCUT2D eigenvalue weighted by atomic mass is 19.2. The third-order valence-electron chi connectivity index (χ3n) is 3.03. The Hall–Kier alpha value is -1.82. The number of rotatable bonds is 4. The van der Waals surface area contributed by atoms with Crippen molar-refractivity contribution in [2.24, 2.45) is 0 Å². The summed E-state index contributed by atoms with van der Waals surface area (Å²) in [4.78, 5) is 0. The van der Waals surface area contributed by atoms with E-state index in [1.807, 2.05) is 0 Å². The van der Waals surface area contributed by atoms with Crippen LogP contribution in [0.15, 0.2) is 24.4 Å². The highest BCUT2D eigenvalue weighted by molar-refractivity contribution is 5.33. The predicted molar refractivity (Wildman–Crippen MR) is 63.3 cm³/mol. The van der Waals surface area contributed by atoms with Gasteiger partial charge < -0.3 is 5.32 Å². The molecule has 0 saturated heterocycles. The molecule has 100 valence electrons. The second-order valence-corrected chi connectivity index (χ2v) is 4.63. The van der Waals surface area contributed by atoms with Gasteiger partial charge in [0.15, 0.2) is 17.5 Å². The van der Waals surface area contributed by atoms with Gasteiger partial charge in [0.05, 0.1) is 11.4 Å². The standard InChI is InChI=1S/C13H12F3N3/c14-11-5-10(6-12(15)13(11)16)19-4-3-9(18-19)7-17-8-1-2-8/h3-6,8,17H,1-2,7H2. The molecule has 1 aromatic heterocycles. The molecule has 19 heavy (non-hydrogen) atoms. The Labute approximate surface area is 108 Å². The van der Waals surface area contributed by atoms with Gasteiger partial charge in [-0.1, -0.05) is 0 Å². The van der Waals surface area contributed by atoms with Crippen LogP contribution in [0.5, 0.6) is 0 Å². The molecular weight excluding hydrogens is 255 g/mol. The summed E-state index contributed by atoms with van der Waals surface area (Å²) in [7, 11) is 0. The first kappa shape index (κ1) is 12.2. The van der Waals surface area contributed by atoms with E-state index >= 15 is 0 Å². The largest absolute Gasteiger partial charge is 0.308 e. The fourth-order valence-electron chi connectivity index (χ4n) is 1.81. The summed E-state index contributed by atoms with van der Waals surface area (Å²) >= 11 is 0. The van der Waals surface area contributed by atoms with E-state index in [2.05, 4.69) is 10.4 Å². The van der Waals surface area contributed by atoms with E-state index in [0.29, 0.717) is 12.6 Å². The quantitative estimate of drug-likeness (QED) is 0.863. The van der Waals surface area contributed by atoms with Gasteiger partial charge in [0.25, 0.3) is 0 Å². The van der Waals surface area contributed by atoms with Crippen LogP contribution in [0.4, 0.5) is 13.2 Å². The molecule has 3 rings (SSSR count). The van der Waals surface area contributed by atoms with Crippen LogP contribution in [0, 0.1) is 17.5 Å². The number of halogens is 3. The van der Waals surface area contributed by atoms with Crippen LogP contribution >= 0.6 is 0 Å². The van der Waals surface area contributed by atoms with Crippen molar-refractivity contribution in [3.63, 3.8) is 0 Å². The summed E-state index contributed by atoms with van der Waals surface area (Å²) in [5.41, 5.74) is 0.936. The molecule has 1 aliphatic rings. The first-order chi connectivity index (χ1) is 9.13. The molecule has 2 aromatic rings. The number of nitrogens with one attached hydrogen (secondary N) is 1. The molecule has 0 atom stereocenters. The fourth-order valence-corrected chi connectivity index (χ4v) is 1.81. The van der Waals surface area contributed by atoms with Crippen LogP contribution in [0.25, 0.3) is 5.69 Å². The lowest BCUT2D eigenvalue weighted by Gasteiger charge is -2.03. The molecule has 0 aliphatic heterocycles. The Bertz CT molecular complexity index is 582. The number of hydrogen-bond donors (Lipinski definition) is 1. The lowest BCUT2D eigenvalue weighted by molar-refractivity contribution is 0.446. The van der Waals surface area contributed by atoms with Crippen molar-refractivity contribution in [3.8, 4) is 5.69 Å². The van der Waals surface area contributed by atoms with E-state index in [1.165, 1.54) is 17.5 Å². The van der Waals surface area contributed by atoms with E-state index in [0.717, 1.165) is 17.8 Å². The zero-order valence-corrected chi connectivity index (χ0v) is 10.0. The molecule has 1 heterocycles. The summed E-state index contributed by atoms with van der Waals surface area (Å²) in [5, 5.41) is 7.48. The van der Waals surface area contributed by atoms with Crippen molar-refractivity contribution in [2.45, 2.75) is 25.4 Å². The number of aromatic nitrogens is 2. The Morgan fingerprint density at radius 1 is 1.21 bits per heavy atom. The average molecular weight is 267 g/mol. The van der Waals surface area contributed by atoms with Crippen molar-refractivity contribution in [1.29, 1.82) is 0 Å². The number of nitrogens with zero attached hydrogens (tertiary/aromatic N) is 2. The molecule has 6 heteroatoms. The highest BCUT2D eigenvalue weighted by Crippen LogP contribution is 2.19. The average Bonchev–Trinajstić information content (AvgIpc) is 3.10. The van der Waals surface area contributed by atoms with E-state index < -0.39 is 17.5 Å². The van der Waals surface area contributed by atoms with Gasteiger partial charge in [-0.3, -0.25) is 0 Å². The minimum Gasteiger partial charge on any atom is -0.308 e. The summed E-state index contributed by atoms with van der Waals surface area (Å²) in [6.45, 7) is 0.615. The molecule has 1 saturated carbocycles. The SMILES string of the molecule is Fc1cc(-n2ccc(CNC3CC3)n2)cc(F)c1F. The molecule has 0 unspecified atom stereocenters. The molecule has 1 fully saturated rings. The molecule has 1 N–H and O–H groups in total. The molecule has 0 amide bonds. The first-order valence-corrected chi connectivity index (χ1v) is 6.06. The van der Waals surface area contributed by atoms with Gasteiger partial charge in [-0.25, -0.2) is 17.9 Å². The van der Waals surface area contributed by atoms with Gasteiger partial charge >= 0.3 is 0 Å². The Morgan fingerprint density at radius 2 is 1.89 bits per heavy atom. The zero-order valence-electron chi connectivity index (χ0n) is 10.0. The van der Waals surface area contributed by atoms with E-state index in [9.17, 15) is 13.2 Å². The fraction of sp³-hybridized carbons (Fsp3) is 0.308. The molecule has 1 aromatic carbocycles. The highest BCUT2D eigenvalue weighted by Gasteiger charge is 2.20. The third kappa shape index (κ3) is 2.63. The Kier molecular flexibility index (Phi) is 3.02. The smallest absolute Gasteiger partial charge is 0.194 e. The van der Waals surface area contributed by atoms with Gasteiger partial charge in [-0.2, -0.15) is 5.10 Å². The van der Waals surface area contributed by atoms with Crippen LogP contribution < -0.4 is 5.32 Å². The molecule has 1 aliphatic carbocycles. The van der Waals surface area contributed by atoms with E-state index in [4.69, 9.17) is 0 Å². The van der Waals surface area contributed by atoms with E-state index in [-0.39, 0.29) is 5.69 Å². The summed E-state index contributed by atoms with van der Waals surface area (Å²) < 4.78 is 40.4. The predicted octanol–water partition coefficient (Wildman–Crippen LogP) is 2.54. The maximum Gasteiger partial charge on any atom is 0.194 e. The molecule has 3 nitrogen and oxygen atoms in total. The van der Waals surface area contributed by atoms with E-state index in [1.54, 1.807) is 12.3 Å². The summed E-state index contributed by atoms with van der Waals surface area (Å²) in [6.07, 6.45) is 3.94. The van der Waals surface area contributed by atoms with Gasteiger partial charge in [-0.15, -0.1) is 0 Å². The van der Waals surface area contributed by atoms with Crippen molar-refractivity contribution in [3.05, 3.63) is 47.5 Å². The van der Waals surface area contributed by atoms with Crippen molar-refractivity contribution < 1.29 is 13.2 Å². The molecule has 0 bridgehead atoms. The first-order valence-electron chi connectivity index (χ1n) is 6.06. The second kappa shape index (κ2) is 4.70. The van der Waals surface area contributed by atoms with Crippen LogP contribution in [-0.4, -0.2) is 15.8 Å². The second-order valence-electron chi connectivity index (χ2n) is 4.63. The topological polar surface area (TPSA) is 29.9 Å². The normalized spacial score (nSPS) is 14.9. The van der Waals surface area contributed by atoms with Crippen LogP contribution in [0.2, 0.25) is 0 Å². The van der Waals surface area contributed by atoms with Crippen LogP contribution in [0.1, 0.15) is 18.5 Å². The molecule has 0 spiro atoms. The van der Waals surface area contributed by atoms with Crippen molar-refractivity contribution >= 4 is 0 Å². The van der Waals surface area contributed by atoms with Crippen molar-refractivity contribution in [1.82, 2.24) is 15.1 Å². The van der Waals surface area contributed by atoms with Crippen LogP contribution in [-0.2, 0) is 6.54 Å². The summed E-state index contributed by atoms with van der Waals surface area (Å²) in [6, 6.07) is 4.16.